The Hall–Kier alpha value is -1.27. The van der Waals surface area contributed by atoms with Gasteiger partial charge in [0.05, 0.1) is 18.8 Å². The number of aliphatic imine (C=N–C) groups is 1. The minimum Gasteiger partial charge on any atom is -0.375 e. The zero-order valence-corrected chi connectivity index (χ0v) is 20.1. The number of hydrogen-bond donors (Lipinski definition) is 1. The molecule has 2 aromatic heterocycles. The Bertz CT molecular complexity index is 740. The van der Waals surface area contributed by atoms with E-state index in [2.05, 4.69) is 25.4 Å². The van der Waals surface area contributed by atoms with E-state index in [1.807, 2.05) is 45.0 Å². The Morgan fingerprint density at radius 1 is 1.41 bits per heavy atom. The molecule has 0 aliphatic carbocycles. The number of halogens is 1. The first-order valence-corrected chi connectivity index (χ1v) is 9.34. The van der Waals surface area contributed by atoms with E-state index >= 15 is 0 Å². The molecule has 2 aromatic rings. The van der Waals surface area contributed by atoms with E-state index in [1.165, 1.54) is 0 Å². The van der Waals surface area contributed by atoms with E-state index in [-0.39, 0.29) is 35.5 Å². The van der Waals surface area contributed by atoms with Gasteiger partial charge in [0.25, 0.3) is 0 Å². The monoisotopic (exact) mass is 508 g/mol. The van der Waals surface area contributed by atoms with Crippen molar-refractivity contribution in [1.29, 1.82) is 0 Å². The van der Waals surface area contributed by atoms with Gasteiger partial charge in [-0.3, -0.25) is 4.99 Å². The van der Waals surface area contributed by atoms with E-state index < -0.39 is 0 Å². The second-order valence-corrected chi connectivity index (χ2v) is 7.97. The summed E-state index contributed by atoms with van der Waals surface area (Å²) in [5.74, 6) is 1.97. The minimum atomic E-state index is -0.161. The zero-order valence-electron chi connectivity index (χ0n) is 16.9. The predicted molar refractivity (Wildman–Crippen MR) is 118 cm³/mol. The summed E-state index contributed by atoms with van der Waals surface area (Å²) in [6, 6.07) is 0. The number of methoxy groups -OCH3 is 1. The van der Waals surface area contributed by atoms with Crippen LogP contribution in [0.5, 0.6) is 0 Å². The summed E-state index contributed by atoms with van der Waals surface area (Å²) in [5, 5.41) is 10.3. The number of nitrogens with zero attached hydrogens (tertiary/aromatic N) is 5. The van der Waals surface area contributed by atoms with Gasteiger partial charge in [-0.05, 0) is 6.92 Å². The molecule has 0 amide bonds. The predicted octanol–water partition coefficient (Wildman–Crippen LogP) is 3.36. The highest BCUT2D eigenvalue weighted by molar-refractivity contribution is 14.0. The fourth-order valence-corrected chi connectivity index (χ4v) is 3.02. The van der Waals surface area contributed by atoms with Crippen LogP contribution in [0, 0.1) is 0 Å². The number of thiazole rings is 1. The molecule has 152 valence electrons. The summed E-state index contributed by atoms with van der Waals surface area (Å²) in [4.78, 5) is 15.4. The molecule has 0 saturated heterocycles. The summed E-state index contributed by atoms with van der Waals surface area (Å²) in [6.45, 7) is 9.19. The van der Waals surface area contributed by atoms with Gasteiger partial charge in [0.2, 0.25) is 5.89 Å². The standard InChI is InChI=1S/C17H28N6O2S.HI/c1-11(24-7)14-20-12(10-26-14)9-23(6)16(18-5)19-8-13-21-15(25-22-13)17(2,3)4;/h10-11H,8-9H2,1-7H3,(H,18,19);1H. The topological polar surface area (TPSA) is 88.7 Å². The lowest BCUT2D eigenvalue weighted by Gasteiger charge is -2.20. The lowest BCUT2D eigenvalue weighted by molar-refractivity contribution is 0.119. The van der Waals surface area contributed by atoms with Gasteiger partial charge in [-0.25, -0.2) is 4.98 Å². The van der Waals surface area contributed by atoms with E-state index in [0.717, 1.165) is 16.7 Å². The van der Waals surface area contributed by atoms with E-state index in [1.54, 1.807) is 25.5 Å². The molecule has 1 unspecified atom stereocenters. The second-order valence-electron chi connectivity index (χ2n) is 7.08. The third-order valence-corrected chi connectivity index (χ3v) is 4.81. The number of ether oxygens (including phenoxy) is 1. The van der Waals surface area contributed by atoms with Crippen LogP contribution < -0.4 is 5.32 Å². The van der Waals surface area contributed by atoms with Crippen molar-refractivity contribution in [2.45, 2.75) is 52.3 Å². The van der Waals surface area contributed by atoms with Crippen LogP contribution in [0.3, 0.4) is 0 Å². The first-order valence-electron chi connectivity index (χ1n) is 8.46. The van der Waals surface area contributed by atoms with Crippen molar-refractivity contribution in [3.05, 3.63) is 27.8 Å². The Morgan fingerprint density at radius 3 is 2.67 bits per heavy atom. The van der Waals surface area contributed by atoms with Gasteiger partial charge in [-0.15, -0.1) is 35.3 Å². The molecule has 0 radical (unpaired) electrons. The van der Waals surface area contributed by atoms with Crippen LogP contribution in [0.4, 0.5) is 0 Å². The van der Waals surface area contributed by atoms with Crippen LogP contribution >= 0.6 is 35.3 Å². The molecule has 10 heteroatoms. The first kappa shape index (κ1) is 23.8. The van der Waals surface area contributed by atoms with Crippen molar-refractivity contribution in [3.63, 3.8) is 0 Å². The van der Waals surface area contributed by atoms with Crippen LogP contribution in [0.25, 0.3) is 0 Å². The molecule has 0 fully saturated rings. The van der Waals surface area contributed by atoms with Gasteiger partial charge >= 0.3 is 0 Å². The maximum atomic E-state index is 5.31. The van der Waals surface area contributed by atoms with Gasteiger partial charge in [0, 0.05) is 32.0 Å². The van der Waals surface area contributed by atoms with E-state index in [4.69, 9.17) is 9.26 Å². The van der Waals surface area contributed by atoms with Crippen LogP contribution in [0.1, 0.15) is 56.2 Å². The number of rotatable bonds is 6. The van der Waals surface area contributed by atoms with E-state index in [0.29, 0.717) is 24.8 Å². The lowest BCUT2D eigenvalue weighted by Crippen LogP contribution is -2.38. The Balaban J connectivity index is 0.00000364. The zero-order chi connectivity index (χ0) is 19.3. The minimum absolute atomic E-state index is 0. The third kappa shape index (κ3) is 6.68. The van der Waals surface area contributed by atoms with Crippen LogP contribution in [-0.2, 0) is 23.2 Å². The molecule has 0 aliphatic heterocycles. The van der Waals surface area contributed by atoms with Crippen molar-refractivity contribution in [2.75, 3.05) is 21.2 Å². The smallest absolute Gasteiger partial charge is 0.232 e. The van der Waals surface area contributed by atoms with Gasteiger partial charge in [0.15, 0.2) is 11.8 Å². The fourth-order valence-electron chi connectivity index (χ4n) is 2.17. The quantitative estimate of drug-likeness (QED) is 0.364. The van der Waals surface area contributed by atoms with Gasteiger partial charge < -0.3 is 19.5 Å². The molecule has 27 heavy (non-hydrogen) atoms. The third-order valence-electron chi connectivity index (χ3n) is 3.76. The van der Waals surface area contributed by atoms with Crippen molar-refractivity contribution in [3.8, 4) is 0 Å². The molecule has 0 bridgehead atoms. The molecule has 2 heterocycles. The van der Waals surface area contributed by atoms with Crippen molar-refractivity contribution < 1.29 is 9.26 Å². The average Bonchev–Trinajstić information content (AvgIpc) is 3.23. The number of guanidine groups is 1. The first-order chi connectivity index (χ1) is 12.2. The highest BCUT2D eigenvalue weighted by Gasteiger charge is 2.22. The van der Waals surface area contributed by atoms with Crippen LogP contribution in [0.15, 0.2) is 14.9 Å². The number of hydrogen-bond acceptors (Lipinski definition) is 7. The summed E-state index contributed by atoms with van der Waals surface area (Å²) in [5.41, 5.74) is 0.819. The SMILES string of the molecule is CN=C(NCc1noc(C(C)(C)C)n1)N(C)Cc1csc(C(C)OC)n1.I. The van der Waals surface area contributed by atoms with Crippen molar-refractivity contribution in [1.82, 2.24) is 25.3 Å². The molecule has 1 atom stereocenters. The molecule has 1 N–H and O–H groups in total. The molecule has 8 nitrogen and oxygen atoms in total. The maximum absolute atomic E-state index is 5.31. The van der Waals surface area contributed by atoms with Crippen molar-refractivity contribution >= 4 is 41.3 Å². The Kier molecular flexibility index (Phi) is 9.09. The van der Waals surface area contributed by atoms with Crippen LogP contribution in [0.2, 0.25) is 0 Å². The molecule has 0 saturated carbocycles. The molecular weight excluding hydrogens is 479 g/mol. The average molecular weight is 508 g/mol. The van der Waals surface area contributed by atoms with E-state index in [9.17, 15) is 0 Å². The lowest BCUT2D eigenvalue weighted by atomic mass is 9.97. The van der Waals surface area contributed by atoms with Gasteiger partial charge in [-0.2, -0.15) is 4.98 Å². The molecular formula is C17H29IN6O2S. The molecule has 2 rings (SSSR count). The summed E-state index contributed by atoms with van der Waals surface area (Å²) in [7, 11) is 5.40. The highest BCUT2D eigenvalue weighted by Crippen LogP contribution is 2.21. The Morgan fingerprint density at radius 2 is 2.11 bits per heavy atom. The summed E-state index contributed by atoms with van der Waals surface area (Å²) >= 11 is 1.60. The number of nitrogens with one attached hydrogen (secondary N) is 1. The normalized spacial score (nSPS) is 13.2. The van der Waals surface area contributed by atoms with Crippen molar-refractivity contribution in [2.24, 2.45) is 4.99 Å². The Labute approximate surface area is 181 Å². The second kappa shape index (κ2) is 10.3. The maximum Gasteiger partial charge on any atom is 0.232 e. The molecule has 0 aliphatic rings. The van der Waals surface area contributed by atoms with Gasteiger partial charge in [0.1, 0.15) is 11.1 Å². The van der Waals surface area contributed by atoms with Gasteiger partial charge in [-0.1, -0.05) is 25.9 Å². The number of aromatic nitrogens is 3. The highest BCUT2D eigenvalue weighted by atomic mass is 127. The summed E-state index contributed by atoms with van der Waals surface area (Å²) in [6.07, 6.45) is 0.00625. The molecule has 0 spiro atoms. The van der Waals surface area contributed by atoms with Crippen LogP contribution in [-0.4, -0.2) is 47.2 Å². The molecule has 0 aromatic carbocycles. The summed E-state index contributed by atoms with van der Waals surface area (Å²) < 4.78 is 10.6. The fraction of sp³-hybridized carbons (Fsp3) is 0.647. The largest absolute Gasteiger partial charge is 0.375 e.